The van der Waals surface area contributed by atoms with Crippen molar-refractivity contribution in [1.29, 1.82) is 0 Å². The molecule has 1 fully saturated rings. The molecule has 0 aromatic rings. The van der Waals surface area contributed by atoms with Gasteiger partial charge in [0.05, 0.1) is 12.1 Å². The van der Waals surface area contributed by atoms with Crippen molar-refractivity contribution in [2.45, 2.75) is 40.7 Å². The number of hydrogen-bond donors (Lipinski definition) is 1. The first-order valence-electron chi connectivity index (χ1n) is 5.87. The molecule has 1 rings (SSSR count). The molecule has 0 saturated heterocycles. The minimum Gasteiger partial charge on any atom is -0.481 e. The molecule has 0 amide bonds. The zero-order valence-corrected chi connectivity index (χ0v) is 11.1. The van der Waals surface area contributed by atoms with Crippen molar-refractivity contribution in [3.63, 3.8) is 0 Å². The molecule has 0 unspecified atom stereocenters. The number of oxime groups is 1. The van der Waals surface area contributed by atoms with Crippen molar-refractivity contribution in [2.24, 2.45) is 22.4 Å². The average molecular weight is 239 g/mol. The number of carboxylic acids is 1. The topological polar surface area (TPSA) is 58.9 Å². The molecule has 96 valence electrons. The number of allylic oxidation sites excluding steroid dienone is 2. The maximum atomic E-state index is 11.0. The van der Waals surface area contributed by atoms with Crippen LogP contribution in [0.25, 0.3) is 0 Å². The van der Waals surface area contributed by atoms with Gasteiger partial charge in [0.2, 0.25) is 0 Å². The lowest BCUT2D eigenvalue weighted by molar-refractivity contribution is -0.139. The van der Waals surface area contributed by atoms with E-state index in [-0.39, 0.29) is 23.4 Å². The summed E-state index contributed by atoms with van der Waals surface area (Å²) in [5, 5.41) is 12.9. The Kier molecular flexibility index (Phi) is 3.96. The molecule has 0 bridgehead atoms. The zero-order valence-electron chi connectivity index (χ0n) is 11.1. The van der Waals surface area contributed by atoms with Crippen LogP contribution in [0.4, 0.5) is 0 Å². The summed E-state index contributed by atoms with van der Waals surface area (Å²) in [6, 6.07) is 0. The molecule has 2 atom stereocenters. The van der Waals surface area contributed by atoms with Gasteiger partial charge in [-0.3, -0.25) is 4.79 Å². The van der Waals surface area contributed by atoms with Crippen LogP contribution in [0, 0.1) is 17.3 Å². The highest BCUT2D eigenvalue weighted by atomic mass is 16.6. The fraction of sp³-hybridized carbons (Fsp3) is 0.692. The fourth-order valence-corrected chi connectivity index (χ4v) is 2.02. The molecule has 1 N–H and O–H groups in total. The predicted octanol–water partition coefficient (Wildman–Crippen LogP) is 2.70. The van der Waals surface area contributed by atoms with Crippen LogP contribution in [0.1, 0.15) is 34.6 Å². The molecule has 1 aliphatic rings. The summed E-state index contributed by atoms with van der Waals surface area (Å²) in [6.45, 7) is 9.66. The second-order valence-corrected chi connectivity index (χ2v) is 5.46. The van der Waals surface area contributed by atoms with Gasteiger partial charge in [0.1, 0.15) is 6.10 Å². The SMILES string of the molecule is CC(/C=N/OC(C)C)=C\[C@@H]1[C@@H](C(=O)O)C1(C)C. The number of carboxylic acid groups (broad SMARTS) is 1. The number of nitrogens with zero attached hydrogens (tertiary/aromatic N) is 1. The van der Waals surface area contributed by atoms with E-state index in [1.807, 2.05) is 40.7 Å². The molecule has 4 nitrogen and oxygen atoms in total. The summed E-state index contributed by atoms with van der Waals surface area (Å²) in [5.41, 5.74) is 0.785. The zero-order chi connectivity index (χ0) is 13.2. The Balaban J connectivity index is 2.59. The Morgan fingerprint density at radius 2 is 2.06 bits per heavy atom. The van der Waals surface area contributed by atoms with E-state index in [1.165, 1.54) is 0 Å². The van der Waals surface area contributed by atoms with Gasteiger partial charge in [-0.15, -0.1) is 0 Å². The molecule has 0 aliphatic heterocycles. The van der Waals surface area contributed by atoms with Crippen LogP contribution < -0.4 is 0 Å². The van der Waals surface area contributed by atoms with Crippen molar-refractivity contribution < 1.29 is 14.7 Å². The summed E-state index contributed by atoms with van der Waals surface area (Å²) in [7, 11) is 0. The molecule has 0 aromatic heterocycles. The Labute approximate surface area is 102 Å². The maximum absolute atomic E-state index is 11.0. The smallest absolute Gasteiger partial charge is 0.307 e. The second kappa shape index (κ2) is 4.90. The summed E-state index contributed by atoms with van der Waals surface area (Å²) >= 11 is 0. The van der Waals surface area contributed by atoms with Gasteiger partial charge in [0.25, 0.3) is 0 Å². The third-order valence-electron chi connectivity index (χ3n) is 3.15. The van der Waals surface area contributed by atoms with Crippen LogP contribution in [0.2, 0.25) is 0 Å². The van der Waals surface area contributed by atoms with E-state index >= 15 is 0 Å². The minimum absolute atomic E-state index is 0.0585. The van der Waals surface area contributed by atoms with Crippen molar-refractivity contribution >= 4 is 12.2 Å². The van der Waals surface area contributed by atoms with Crippen LogP contribution >= 0.6 is 0 Å². The van der Waals surface area contributed by atoms with E-state index in [0.29, 0.717) is 0 Å². The fourth-order valence-electron chi connectivity index (χ4n) is 2.02. The Hall–Kier alpha value is -1.32. The Bertz CT molecular complexity index is 356. The Morgan fingerprint density at radius 3 is 2.47 bits per heavy atom. The van der Waals surface area contributed by atoms with E-state index in [9.17, 15) is 4.79 Å². The second-order valence-electron chi connectivity index (χ2n) is 5.46. The lowest BCUT2D eigenvalue weighted by Crippen LogP contribution is -2.03. The van der Waals surface area contributed by atoms with Crippen molar-refractivity contribution in [3.05, 3.63) is 11.6 Å². The van der Waals surface area contributed by atoms with E-state index < -0.39 is 5.97 Å². The van der Waals surface area contributed by atoms with Crippen LogP contribution in [0.3, 0.4) is 0 Å². The largest absolute Gasteiger partial charge is 0.481 e. The monoisotopic (exact) mass is 239 g/mol. The standard InChI is InChI=1S/C13H21NO3/c1-8(2)17-14-7-9(3)6-10-11(12(15)16)13(10,4)5/h6-8,10-11H,1-5H3,(H,15,16)/b9-6+,14-7+/t10-,11+/m1/s1. The quantitative estimate of drug-likeness (QED) is 0.592. The number of rotatable bonds is 5. The average Bonchev–Trinajstić information content (AvgIpc) is 2.67. The van der Waals surface area contributed by atoms with E-state index in [0.717, 1.165) is 5.57 Å². The highest BCUT2D eigenvalue weighted by Crippen LogP contribution is 2.59. The van der Waals surface area contributed by atoms with Crippen molar-refractivity contribution in [3.8, 4) is 0 Å². The van der Waals surface area contributed by atoms with Gasteiger partial charge in [-0.2, -0.15) is 0 Å². The predicted molar refractivity (Wildman–Crippen MR) is 66.9 cm³/mol. The number of hydrogen-bond acceptors (Lipinski definition) is 3. The van der Waals surface area contributed by atoms with Gasteiger partial charge in [0, 0.05) is 0 Å². The highest BCUT2D eigenvalue weighted by molar-refractivity contribution is 5.80. The Morgan fingerprint density at radius 1 is 1.47 bits per heavy atom. The van der Waals surface area contributed by atoms with Crippen LogP contribution in [0.5, 0.6) is 0 Å². The molecular weight excluding hydrogens is 218 g/mol. The van der Waals surface area contributed by atoms with Gasteiger partial charge < -0.3 is 9.94 Å². The minimum atomic E-state index is -0.723. The van der Waals surface area contributed by atoms with Crippen LogP contribution in [-0.4, -0.2) is 23.4 Å². The van der Waals surface area contributed by atoms with E-state index in [1.54, 1.807) is 6.21 Å². The summed E-state index contributed by atoms with van der Waals surface area (Å²) in [6.07, 6.45) is 3.66. The first-order chi connectivity index (χ1) is 7.76. The molecule has 4 heteroatoms. The highest BCUT2D eigenvalue weighted by Gasteiger charge is 2.60. The molecule has 17 heavy (non-hydrogen) atoms. The van der Waals surface area contributed by atoms with Gasteiger partial charge in [-0.25, -0.2) is 0 Å². The summed E-state index contributed by atoms with van der Waals surface area (Å²) in [4.78, 5) is 16.0. The maximum Gasteiger partial charge on any atom is 0.307 e. The third kappa shape index (κ3) is 3.32. The number of carbonyl (C=O) groups is 1. The summed E-state index contributed by atoms with van der Waals surface area (Å²) < 4.78 is 0. The molecule has 0 radical (unpaired) electrons. The number of aliphatic carboxylic acids is 1. The van der Waals surface area contributed by atoms with Crippen molar-refractivity contribution in [1.82, 2.24) is 0 Å². The third-order valence-corrected chi connectivity index (χ3v) is 3.15. The van der Waals surface area contributed by atoms with Crippen molar-refractivity contribution in [2.75, 3.05) is 0 Å². The molecule has 0 aromatic carbocycles. The van der Waals surface area contributed by atoms with E-state index in [4.69, 9.17) is 9.94 Å². The van der Waals surface area contributed by atoms with Crippen LogP contribution in [-0.2, 0) is 9.63 Å². The summed E-state index contributed by atoms with van der Waals surface area (Å²) in [5.74, 6) is -0.915. The normalized spacial score (nSPS) is 27.5. The van der Waals surface area contributed by atoms with Gasteiger partial charge in [-0.1, -0.05) is 25.1 Å². The van der Waals surface area contributed by atoms with E-state index in [2.05, 4.69) is 5.16 Å². The van der Waals surface area contributed by atoms with Gasteiger partial charge in [-0.05, 0) is 37.7 Å². The first kappa shape index (κ1) is 13.7. The molecule has 0 spiro atoms. The molecule has 1 saturated carbocycles. The lowest BCUT2D eigenvalue weighted by Gasteiger charge is -2.00. The van der Waals surface area contributed by atoms with Gasteiger partial charge >= 0.3 is 5.97 Å². The molecule has 0 heterocycles. The molecule has 1 aliphatic carbocycles. The lowest BCUT2D eigenvalue weighted by atomic mass is 10.1. The first-order valence-corrected chi connectivity index (χ1v) is 5.87. The van der Waals surface area contributed by atoms with Crippen LogP contribution in [0.15, 0.2) is 16.8 Å². The molecular formula is C13H21NO3. The van der Waals surface area contributed by atoms with Gasteiger partial charge in [0.15, 0.2) is 0 Å².